The zero-order valence-electron chi connectivity index (χ0n) is 28.9. The standard InChI is InChI=1S/C49H29N3O2/c1-3-13-30(14-4-1)31-23-25-33(26-24-31)48-50-47(32-15-5-2-6-16-32)51-49(52-48)40-28-35(29-43-44(40)37-19-9-11-21-41(37)53-43)39-27-34-17-7-8-18-36(34)46-45(39)38-20-10-12-22-42(38)54-46/h1-29H. The van der Waals surface area contributed by atoms with E-state index in [0.29, 0.717) is 17.5 Å². The summed E-state index contributed by atoms with van der Waals surface area (Å²) in [6, 6.07) is 60.3. The molecule has 0 spiro atoms. The van der Waals surface area contributed by atoms with Crippen LogP contribution < -0.4 is 0 Å². The average molecular weight is 692 g/mol. The first-order chi connectivity index (χ1) is 26.7. The van der Waals surface area contributed by atoms with Crippen molar-refractivity contribution in [2.45, 2.75) is 0 Å². The summed E-state index contributed by atoms with van der Waals surface area (Å²) in [5, 5.41) is 6.25. The summed E-state index contributed by atoms with van der Waals surface area (Å²) in [5.74, 6) is 1.76. The number of aromatic nitrogens is 3. The molecule has 0 bridgehead atoms. The van der Waals surface area contributed by atoms with Gasteiger partial charge in [-0.05, 0) is 58.0 Å². The Bertz CT molecular complexity index is 3200. The van der Waals surface area contributed by atoms with E-state index in [2.05, 4.69) is 109 Å². The van der Waals surface area contributed by atoms with Crippen molar-refractivity contribution >= 4 is 54.6 Å². The van der Waals surface area contributed by atoms with Crippen molar-refractivity contribution in [2.24, 2.45) is 0 Å². The number of hydrogen-bond donors (Lipinski definition) is 0. The van der Waals surface area contributed by atoms with Crippen LogP contribution in [0.1, 0.15) is 0 Å². The maximum absolute atomic E-state index is 6.64. The van der Waals surface area contributed by atoms with E-state index in [1.165, 1.54) is 0 Å². The minimum Gasteiger partial charge on any atom is -0.456 e. The molecule has 0 amide bonds. The van der Waals surface area contributed by atoms with Gasteiger partial charge in [0.1, 0.15) is 22.3 Å². The van der Waals surface area contributed by atoms with Crippen LogP contribution in [-0.4, -0.2) is 15.0 Å². The normalized spacial score (nSPS) is 11.7. The van der Waals surface area contributed by atoms with Gasteiger partial charge in [0.2, 0.25) is 0 Å². The molecule has 11 aromatic rings. The van der Waals surface area contributed by atoms with Crippen LogP contribution in [0.2, 0.25) is 0 Å². The molecule has 0 saturated carbocycles. The molecule has 0 fully saturated rings. The number of benzene rings is 8. The molecule has 5 nitrogen and oxygen atoms in total. The van der Waals surface area contributed by atoms with Crippen LogP contribution in [0.4, 0.5) is 0 Å². The van der Waals surface area contributed by atoms with Gasteiger partial charge in [0.15, 0.2) is 17.5 Å². The summed E-state index contributed by atoms with van der Waals surface area (Å²) < 4.78 is 13.2. The lowest BCUT2D eigenvalue weighted by Gasteiger charge is -2.12. The number of nitrogens with zero attached hydrogens (tertiary/aromatic N) is 3. The third kappa shape index (κ3) is 4.90. The molecule has 0 unspecified atom stereocenters. The van der Waals surface area contributed by atoms with E-state index < -0.39 is 0 Å². The van der Waals surface area contributed by atoms with Crippen LogP contribution in [0.15, 0.2) is 185 Å². The van der Waals surface area contributed by atoms with Crippen molar-refractivity contribution < 1.29 is 8.83 Å². The van der Waals surface area contributed by atoms with Gasteiger partial charge in [-0.25, -0.2) is 15.0 Å². The van der Waals surface area contributed by atoms with Gasteiger partial charge in [-0.3, -0.25) is 0 Å². The van der Waals surface area contributed by atoms with Crippen molar-refractivity contribution in [3.8, 4) is 56.4 Å². The minimum atomic E-state index is 0.568. The third-order valence-electron chi connectivity index (χ3n) is 10.3. The summed E-state index contributed by atoms with van der Waals surface area (Å²) in [5.41, 5.74) is 10.3. The quantitative estimate of drug-likeness (QED) is 0.180. The second kappa shape index (κ2) is 12.1. The highest BCUT2D eigenvalue weighted by molar-refractivity contribution is 6.22. The Morgan fingerprint density at radius 1 is 0.315 bits per heavy atom. The summed E-state index contributed by atoms with van der Waals surface area (Å²) in [7, 11) is 0. The van der Waals surface area contributed by atoms with E-state index in [1.54, 1.807) is 0 Å². The van der Waals surface area contributed by atoms with Crippen molar-refractivity contribution in [1.82, 2.24) is 15.0 Å². The van der Waals surface area contributed by atoms with Gasteiger partial charge >= 0.3 is 0 Å². The summed E-state index contributed by atoms with van der Waals surface area (Å²) >= 11 is 0. The highest BCUT2D eigenvalue weighted by Crippen LogP contribution is 2.45. The van der Waals surface area contributed by atoms with E-state index in [9.17, 15) is 0 Å². The lowest BCUT2D eigenvalue weighted by Crippen LogP contribution is -2.00. The van der Waals surface area contributed by atoms with Gasteiger partial charge in [-0.2, -0.15) is 0 Å². The van der Waals surface area contributed by atoms with Crippen molar-refractivity contribution in [3.63, 3.8) is 0 Å². The summed E-state index contributed by atoms with van der Waals surface area (Å²) in [4.78, 5) is 15.5. The molecular weight excluding hydrogens is 663 g/mol. The molecule has 0 N–H and O–H groups in total. The van der Waals surface area contributed by atoms with Crippen LogP contribution in [0.5, 0.6) is 0 Å². The zero-order chi connectivity index (χ0) is 35.6. The molecule has 54 heavy (non-hydrogen) atoms. The largest absolute Gasteiger partial charge is 0.456 e. The van der Waals surface area contributed by atoms with Gasteiger partial charge in [-0.1, -0.05) is 146 Å². The highest BCUT2D eigenvalue weighted by atomic mass is 16.3. The molecule has 5 heteroatoms. The number of rotatable bonds is 5. The van der Waals surface area contributed by atoms with Gasteiger partial charge in [-0.15, -0.1) is 0 Å². The van der Waals surface area contributed by atoms with Crippen molar-refractivity contribution in [3.05, 3.63) is 176 Å². The molecule has 3 heterocycles. The van der Waals surface area contributed by atoms with E-state index in [0.717, 1.165) is 93.6 Å². The van der Waals surface area contributed by atoms with Gasteiger partial charge in [0.25, 0.3) is 0 Å². The number of fused-ring (bicyclic) bond motifs is 8. The lowest BCUT2D eigenvalue weighted by molar-refractivity contribution is 0.669. The fourth-order valence-electron chi connectivity index (χ4n) is 7.76. The molecule has 0 atom stereocenters. The summed E-state index contributed by atoms with van der Waals surface area (Å²) in [6.45, 7) is 0. The topological polar surface area (TPSA) is 65.0 Å². The number of para-hydroxylation sites is 2. The van der Waals surface area contributed by atoms with Crippen LogP contribution >= 0.6 is 0 Å². The fourth-order valence-corrected chi connectivity index (χ4v) is 7.76. The van der Waals surface area contributed by atoms with E-state index in [1.807, 2.05) is 66.7 Å². The second-order valence-corrected chi connectivity index (χ2v) is 13.6. The first-order valence-corrected chi connectivity index (χ1v) is 18.0. The lowest BCUT2D eigenvalue weighted by atomic mass is 9.93. The average Bonchev–Trinajstić information content (AvgIpc) is 3.83. The maximum atomic E-state index is 6.64. The second-order valence-electron chi connectivity index (χ2n) is 13.6. The Kier molecular flexibility index (Phi) is 6.79. The van der Waals surface area contributed by atoms with Gasteiger partial charge in [0, 0.05) is 43.6 Å². The Morgan fingerprint density at radius 2 is 0.833 bits per heavy atom. The molecule has 0 saturated heterocycles. The molecule has 3 aromatic heterocycles. The predicted molar refractivity (Wildman–Crippen MR) is 219 cm³/mol. The Balaban J connectivity index is 1.20. The zero-order valence-corrected chi connectivity index (χ0v) is 28.9. The highest BCUT2D eigenvalue weighted by Gasteiger charge is 2.22. The van der Waals surface area contributed by atoms with Crippen molar-refractivity contribution in [2.75, 3.05) is 0 Å². The smallest absolute Gasteiger partial charge is 0.164 e. The third-order valence-corrected chi connectivity index (χ3v) is 10.3. The van der Waals surface area contributed by atoms with Crippen molar-refractivity contribution in [1.29, 1.82) is 0 Å². The predicted octanol–water partition coefficient (Wildman–Crippen LogP) is 13.2. The molecule has 11 rings (SSSR count). The number of furan rings is 2. The Morgan fingerprint density at radius 3 is 1.56 bits per heavy atom. The van der Waals surface area contributed by atoms with Crippen LogP contribution in [0.3, 0.4) is 0 Å². The first kappa shape index (κ1) is 30.3. The monoisotopic (exact) mass is 691 g/mol. The van der Waals surface area contributed by atoms with Crippen LogP contribution in [0, 0.1) is 0 Å². The molecule has 0 aliphatic heterocycles. The van der Waals surface area contributed by atoms with E-state index in [4.69, 9.17) is 23.8 Å². The molecule has 252 valence electrons. The Hall–Kier alpha value is -7.37. The van der Waals surface area contributed by atoms with Crippen LogP contribution in [-0.2, 0) is 0 Å². The molecule has 0 aliphatic carbocycles. The van der Waals surface area contributed by atoms with Crippen LogP contribution in [0.25, 0.3) is 111 Å². The van der Waals surface area contributed by atoms with Gasteiger partial charge < -0.3 is 8.83 Å². The SMILES string of the molecule is c1ccc(-c2ccc(-c3nc(-c4ccccc4)nc(-c4cc(-c5cc6ccccc6c6oc7ccccc7c56)cc5oc6ccccc6c45)n3)cc2)cc1. The molecular formula is C49H29N3O2. The first-order valence-electron chi connectivity index (χ1n) is 18.0. The van der Waals surface area contributed by atoms with Gasteiger partial charge in [0.05, 0.1) is 0 Å². The van der Waals surface area contributed by atoms with E-state index in [-0.39, 0.29) is 0 Å². The molecule has 0 aliphatic rings. The minimum absolute atomic E-state index is 0.568. The number of hydrogen-bond acceptors (Lipinski definition) is 5. The Labute approximate surface area is 309 Å². The molecule has 8 aromatic carbocycles. The van der Waals surface area contributed by atoms with E-state index >= 15 is 0 Å². The molecule has 0 radical (unpaired) electrons. The fraction of sp³-hybridized carbons (Fsp3) is 0. The summed E-state index contributed by atoms with van der Waals surface area (Å²) in [6.07, 6.45) is 0. The maximum Gasteiger partial charge on any atom is 0.164 e.